The first kappa shape index (κ1) is 14.3. The Kier molecular flexibility index (Phi) is 5.61. The van der Waals surface area contributed by atoms with Gasteiger partial charge in [0.1, 0.15) is 5.82 Å². The van der Waals surface area contributed by atoms with Gasteiger partial charge >= 0.3 is 0 Å². The molecule has 1 saturated heterocycles. The van der Waals surface area contributed by atoms with Crippen LogP contribution in [-0.2, 0) is 11.3 Å². The molecule has 1 unspecified atom stereocenters. The van der Waals surface area contributed by atoms with E-state index < -0.39 is 0 Å². The van der Waals surface area contributed by atoms with Gasteiger partial charge in [0.2, 0.25) is 0 Å². The van der Waals surface area contributed by atoms with Crippen LogP contribution in [0, 0.1) is 0 Å². The molecule has 1 aliphatic rings. The van der Waals surface area contributed by atoms with E-state index in [0.717, 1.165) is 32.1 Å². The summed E-state index contributed by atoms with van der Waals surface area (Å²) in [4.78, 5) is 7.09. The quantitative estimate of drug-likeness (QED) is 0.765. The molecule has 0 aliphatic carbocycles. The third kappa shape index (κ3) is 3.67. The summed E-state index contributed by atoms with van der Waals surface area (Å²) < 4.78 is 5.06. The minimum atomic E-state index is 0.660. The lowest BCUT2D eigenvalue weighted by atomic mass is 10.1. The molecular formula is C15H25N3O. The molecule has 19 heavy (non-hydrogen) atoms. The van der Waals surface area contributed by atoms with Crippen molar-refractivity contribution in [1.29, 1.82) is 0 Å². The lowest BCUT2D eigenvalue weighted by Gasteiger charge is -2.27. The van der Waals surface area contributed by atoms with Gasteiger partial charge in [-0.05, 0) is 25.3 Å². The van der Waals surface area contributed by atoms with Crippen molar-refractivity contribution in [3.63, 3.8) is 0 Å². The number of nitrogens with one attached hydrogen (secondary N) is 1. The van der Waals surface area contributed by atoms with Gasteiger partial charge in [-0.3, -0.25) is 0 Å². The maximum Gasteiger partial charge on any atom is 0.133 e. The van der Waals surface area contributed by atoms with Crippen molar-refractivity contribution in [2.24, 2.45) is 0 Å². The van der Waals surface area contributed by atoms with E-state index >= 15 is 0 Å². The van der Waals surface area contributed by atoms with Crippen molar-refractivity contribution in [3.8, 4) is 0 Å². The van der Waals surface area contributed by atoms with Gasteiger partial charge in [0, 0.05) is 44.5 Å². The Labute approximate surface area is 116 Å². The lowest BCUT2D eigenvalue weighted by molar-refractivity contribution is 0.199. The molecule has 1 aliphatic heterocycles. The smallest absolute Gasteiger partial charge is 0.133 e. The molecule has 2 rings (SSSR count). The molecule has 4 heteroatoms. The molecule has 1 N–H and O–H groups in total. The van der Waals surface area contributed by atoms with Gasteiger partial charge in [-0.1, -0.05) is 13.0 Å². The minimum Gasteiger partial charge on any atom is -0.383 e. The van der Waals surface area contributed by atoms with Crippen molar-refractivity contribution in [2.45, 2.75) is 38.8 Å². The van der Waals surface area contributed by atoms with Crippen LogP contribution in [0.4, 0.5) is 5.82 Å². The lowest BCUT2D eigenvalue weighted by Crippen LogP contribution is -2.31. The predicted molar refractivity (Wildman–Crippen MR) is 78.5 cm³/mol. The Hall–Kier alpha value is -1.13. The molecule has 0 radical (unpaired) electrons. The van der Waals surface area contributed by atoms with Crippen LogP contribution < -0.4 is 10.2 Å². The van der Waals surface area contributed by atoms with E-state index in [1.165, 1.54) is 24.8 Å². The molecule has 1 fully saturated rings. The number of nitrogens with zero attached hydrogens (tertiary/aromatic N) is 2. The van der Waals surface area contributed by atoms with Crippen LogP contribution in [0.1, 0.15) is 31.7 Å². The van der Waals surface area contributed by atoms with Crippen LogP contribution in [0.25, 0.3) is 0 Å². The highest BCUT2D eigenvalue weighted by Crippen LogP contribution is 2.28. The van der Waals surface area contributed by atoms with E-state index in [2.05, 4.69) is 28.2 Å². The van der Waals surface area contributed by atoms with Gasteiger partial charge in [0.25, 0.3) is 0 Å². The zero-order valence-corrected chi connectivity index (χ0v) is 12.1. The van der Waals surface area contributed by atoms with E-state index in [0.29, 0.717) is 6.04 Å². The maximum atomic E-state index is 5.06. The molecule has 1 atom stereocenters. The third-order valence-electron chi connectivity index (χ3n) is 3.79. The van der Waals surface area contributed by atoms with E-state index in [1.807, 2.05) is 12.3 Å². The molecule has 2 heterocycles. The summed E-state index contributed by atoms with van der Waals surface area (Å²) in [5, 5.41) is 3.41. The second-order valence-electron chi connectivity index (χ2n) is 5.05. The monoisotopic (exact) mass is 263 g/mol. The SMILES string of the molecule is CCC1CCCN1c1ncccc1CNCCOC. The summed E-state index contributed by atoms with van der Waals surface area (Å²) >= 11 is 0. The first-order valence-corrected chi connectivity index (χ1v) is 7.27. The van der Waals surface area contributed by atoms with Crippen molar-refractivity contribution < 1.29 is 4.74 Å². The molecule has 1 aromatic heterocycles. The summed E-state index contributed by atoms with van der Waals surface area (Å²) in [5.74, 6) is 1.16. The van der Waals surface area contributed by atoms with E-state index in [-0.39, 0.29) is 0 Å². The van der Waals surface area contributed by atoms with Crippen LogP contribution in [0.3, 0.4) is 0 Å². The zero-order valence-electron chi connectivity index (χ0n) is 12.1. The van der Waals surface area contributed by atoms with Crippen molar-refractivity contribution in [3.05, 3.63) is 23.9 Å². The average molecular weight is 263 g/mol. The highest BCUT2D eigenvalue weighted by Gasteiger charge is 2.25. The number of rotatable bonds is 7. The van der Waals surface area contributed by atoms with Crippen LogP contribution in [-0.4, -0.2) is 37.8 Å². The summed E-state index contributed by atoms with van der Waals surface area (Å²) in [5.41, 5.74) is 1.29. The Morgan fingerprint density at radius 2 is 2.42 bits per heavy atom. The maximum absolute atomic E-state index is 5.06. The summed E-state index contributed by atoms with van der Waals surface area (Å²) in [6.45, 7) is 5.89. The molecule has 0 bridgehead atoms. The molecule has 106 valence electrons. The van der Waals surface area contributed by atoms with Crippen LogP contribution in [0.15, 0.2) is 18.3 Å². The highest BCUT2D eigenvalue weighted by molar-refractivity contribution is 5.48. The van der Waals surface area contributed by atoms with Crippen LogP contribution in [0.2, 0.25) is 0 Å². The summed E-state index contributed by atoms with van der Waals surface area (Å²) in [7, 11) is 1.73. The zero-order chi connectivity index (χ0) is 13.5. The van der Waals surface area contributed by atoms with Gasteiger partial charge < -0.3 is 15.0 Å². The highest BCUT2D eigenvalue weighted by atomic mass is 16.5. The van der Waals surface area contributed by atoms with E-state index in [9.17, 15) is 0 Å². The standard InChI is InChI=1S/C15H25N3O/c1-3-14-7-5-10-18(14)15-13(6-4-8-17-15)12-16-9-11-19-2/h4,6,8,14,16H,3,5,7,9-12H2,1-2H3. The van der Waals surface area contributed by atoms with Gasteiger partial charge in [-0.25, -0.2) is 4.98 Å². The first-order valence-electron chi connectivity index (χ1n) is 7.27. The van der Waals surface area contributed by atoms with Crippen molar-refractivity contribution in [1.82, 2.24) is 10.3 Å². The fourth-order valence-electron chi connectivity index (χ4n) is 2.76. The second-order valence-corrected chi connectivity index (χ2v) is 5.05. The fraction of sp³-hybridized carbons (Fsp3) is 0.667. The summed E-state index contributed by atoms with van der Waals surface area (Å²) in [6, 6.07) is 4.86. The largest absolute Gasteiger partial charge is 0.383 e. The number of anilines is 1. The van der Waals surface area contributed by atoms with Gasteiger partial charge in [-0.2, -0.15) is 0 Å². The Bertz CT molecular complexity index is 383. The van der Waals surface area contributed by atoms with Crippen LogP contribution >= 0.6 is 0 Å². The van der Waals surface area contributed by atoms with Gasteiger partial charge in [0.05, 0.1) is 6.61 Å². The molecular weight excluding hydrogens is 238 g/mol. The molecule has 0 amide bonds. The predicted octanol–water partition coefficient (Wildman–Crippen LogP) is 2.20. The van der Waals surface area contributed by atoms with Gasteiger partial charge in [0.15, 0.2) is 0 Å². The van der Waals surface area contributed by atoms with E-state index in [4.69, 9.17) is 4.74 Å². The minimum absolute atomic E-state index is 0.660. The Morgan fingerprint density at radius 3 is 3.21 bits per heavy atom. The number of hydrogen-bond acceptors (Lipinski definition) is 4. The third-order valence-corrected chi connectivity index (χ3v) is 3.79. The first-order chi connectivity index (χ1) is 9.36. The van der Waals surface area contributed by atoms with Gasteiger partial charge in [-0.15, -0.1) is 0 Å². The number of ether oxygens (including phenoxy) is 1. The molecule has 0 saturated carbocycles. The Balaban J connectivity index is 2.03. The number of methoxy groups -OCH3 is 1. The summed E-state index contributed by atoms with van der Waals surface area (Å²) in [6.07, 6.45) is 5.68. The van der Waals surface area contributed by atoms with E-state index in [1.54, 1.807) is 7.11 Å². The fourth-order valence-corrected chi connectivity index (χ4v) is 2.76. The van der Waals surface area contributed by atoms with Crippen LogP contribution in [0.5, 0.6) is 0 Å². The normalized spacial score (nSPS) is 19.1. The average Bonchev–Trinajstić information content (AvgIpc) is 2.92. The molecule has 4 nitrogen and oxygen atoms in total. The van der Waals surface area contributed by atoms with Crippen molar-refractivity contribution >= 4 is 5.82 Å². The molecule has 1 aromatic rings. The van der Waals surface area contributed by atoms with Crippen molar-refractivity contribution in [2.75, 3.05) is 31.7 Å². The second kappa shape index (κ2) is 7.46. The number of pyridine rings is 1. The number of aromatic nitrogens is 1. The Morgan fingerprint density at radius 1 is 1.53 bits per heavy atom. The molecule has 0 aromatic carbocycles. The molecule has 0 spiro atoms. The number of hydrogen-bond donors (Lipinski definition) is 1. The topological polar surface area (TPSA) is 37.4 Å².